The highest BCUT2D eigenvalue weighted by atomic mass is 35.5. The second-order valence-corrected chi connectivity index (χ2v) is 6.96. The first-order chi connectivity index (χ1) is 13.1. The number of ether oxygens (including phenoxy) is 2. The second-order valence-electron chi connectivity index (χ2n) is 6.55. The Kier molecular flexibility index (Phi) is 6.40. The molecule has 0 unspecified atom stereocenters. The number of carbonyl (C=O) groups excluding carboxylic acids is 1. The zero-order valence-corrected chi connectivity index (χ0v) is 16.3. The summed E-state index contributed by atoms with van der Waals surface area (Å²) in [5.41, 5.74) is 1.22. The number of hydrogen-bond donors (Lipinski definition) is 2. The standard InChI is InChI=1S/C20H24ClN3O3/c1-26-17-11-16(18(27-2)10-15(17)21)24-19-9-8-13(12-22-19)20(25)23-14-6-4-3-5-7-14/h8-12,14H,3-7H2,1-2H3,(H,22,24)(H,23,25). The number of carbonyl (C=O) groups is 1. The molecule has 2 aromatic rings. The number of methoxy groups -OCH3 is 2. The van der Waals surface area contributed by atoms with E-state index in [2.05, 4.69) is 15.6 Å². The van der Waals surface area contributed by atoms with Gasteiger partial charge >= 0.3 is 0 Å². The van der Waals surface area contributed by atoms with Crippen LogP contribution in [0.1, 0.15) is 42.5 Å². The van der Waals surface area contributed by atoms with Gasteiger partial charge in [0, 0.05) is 24.4 Å². The van der Waals surface area contributed by atoms with Gasteiger partial charge in [0.05, 0.1) is 30.5 Å². The molecule has 6 nitrogen and oxygen atoms in total. The predicted molar refractivity (Wildman–Crippen MR) is 106 cm³/mol. The number of rotatable bonds is 6. The Balaban J connectivity index is 1.69. The first kappa shape index (κ1) is 19.3. The van der Waals surface area contributed by atoms with Crippen LogP contribution < -0.4 is 20.1 Å². The molecule has 1 heterocycles. The van der Waals surface area contributed by atoms with Crippen LogP contribution in [0.2, 0.25) is 5.02 Å². The quantitative estimate of drug-likeness (QED) is 0.757. The number of pyridine rings is 1. The maximum absolute atomic E-state index is 12.4. The number of halogens is 1. The molecule has 3 rings (SSSR count). The fourth-order valence-electron chi connectivity index (χ4n) is 3.21. The summed E-state index contributed by atoms with van der Waals surface area (Å²) in [6.07, 6.45) is 7.29. The van der Waals surface area contributed by atoms with Gasteiger partial charge in [-0.25, -0.2) is 4.98 Å². The van der Waals surface area contributed by atoms with Crippen molar-refractivity contribution in [2.24, 2.45) is 0 Å². The number of nitrogens with one attached hydrogen (secondary N) is 2. The molecule has 1 amide bonds. The van der Waals surface area contributed by atoms with Crippen molar-refractivity contribution in [1.29, 1.82) is 0 Å². The van der Waals surface area contributed by atoms with Crippen molar-refractivity contribution in [2.75, 3.05) is 19.5 Å². The molecule has 0 saturated heterocycles. The summed E-state index contributed by atoms with van der Waals surface area (Å²) in [4.78, 5) is 16.7. The fraction of sp³-hybridized carbons (Fsp3) is 0.400. The van der Waals surface area contributed by atoms with Gasteiger partial charge in [-0.05, 0) is 25.0 Å². The Hall–Kier alpha value is -2.47. The van der Waals surface area contributed by atoms with Crippen LogP contribution in [0, 0.1) is 0 Å². The minimum atomic E-state index is -0.0771. The Morgan fingerprint density at radius 2 is 1.85 bits per heavy atom. The zero-order valence-electron chi connectivity index (χ0n) is 15.5. The van der Waals surface area contributed by atoms with Crippen LogP contribution in [0.4, 0.5) is 11.5 Å². The largest absolute Gasteiger partial charge is 0.495 e. The fourth-order valence-corrected chi connectivity index (χ4v) is 3.44. The molecule has 1 aromatic carbocycles. The summed E-state index contributed by atoms with van der Waals surface area (Å²) in [5.74, 6) is 1.61. The summed E-state index contributed by atoms with van der Waals surface area (Å²) in [6.45, 7) is 0. The Labute approximate surface area is 164 Å². The molecule has 0 bridgehead atoms. The number of anilines is 2. The van der Waals surface area contributed by atoms with Gasteiger partial charge in [0.1, 0.15) is 17.3 Å². The van der Waals surface area contributed by atoms with Crippen LogP contribution >= 0.6 is 11.6 Å². The monoisotopic (exact) mass is 389 g/mol. The maximum atomic E-state index is 12.4. The van der Waals surface area contributed by atoms with E-state index in [0.717, 1.165) is 12.8 Å². The summed E-state index contributed by atoms with van der Waals surface area (Å²) >= 11 is 6.13. The molecule has 0 aliphatic heterocycles. The number of aromatic nitrogens is 1. The van der Waals surface area contributed by atoms with E-state index in [-0.39, 0.29) is 11.9 Å². The third-order valence-electron chi connectivity index (χ3n) is 4.70. The van der Waals surface area contributed by atoms with Crippen molar-refractivity contribution in [3.8, 4) is 11.5 Å². The highest BCUT2D eigenvalue weighted by Gasteiger charge is 2.17. The lowest BCUT2D eigenvalue weighted by molar-refractivity contribution is 0.0927. The lowest BCUT2D eigenvalue weighted by atomic mass is 9.95. The van der Waals surface area contributed by atoms with E-state index in [1.165, 1.54) is 19.3 Å². The number of amides is 1. The molecule has 0 radical (unpaired) electrons. The first-order valence-corrected chi connectivity index (χ1v) is 9.44. The molecule has 1 aromatic heterocycles. The molecule has 0 spiro atoms. The normalized spacial score (nSPS) is 14.5. The molecular formula is C20H24ClN3O3. The van der Waals surface area contributed by atoms with Gasteiger partial charge in [0.15, 0.2) is 0 Å². The Morgan fingerprint density at radius 3 is 2.48 bits per heavy atom. The van der Waals surface area contributed by atoms with E-state index in [9.17, 15) is 4.79 Å². The second kappa shape index (κ2) is 8.95. The molecule has 0 atom stereocenters. The maximum Gasteiger partial charge on any atom is 0.253 e. The van der Waals surface area contributed by atoms with Crippen molar-refractivity contribution in [1.82, 2.24) is 10.3 Å². The van der Waals surface area contributed by atoms with Gasteiger partial charge in [-0.1, -0.05) is 30.9 Å². The van der Waals surface area contributed by atoms with Crippen LogP contribution in [-0.4, -0.2) is 31.2 Å². The SMILES string of the molecule is COc1cc(Nc2ccc(C(=O)NC3CCCCC3)cn2)c(OC)cc1Cl. The van der Waals surface area contributed by atoms with Crippen molar-refractivity contribution in [3.63, 3.8) is 0 Å². The van der Waals surface area contributed by atoms with Crippen LogP contribution in [0.3, 0.4) is 0 Å². The first-order valence-electron chi connectivity index (χ1n) is 9.06. The predicted octanol–water partition coefficient (Wildman–Crippen LogP) is 4.56. The lowest BCUT2D eigenvalue weighted by Gasteiger charge is -2.22. The van der Waals surface area contributed by atoms with Crippen LogP contribution in [0.25, 0.3) is 0 Å². The molecule has 1 aliphatic carbocycles. The average molecular weight is 390 g/mol. The van der Waals surface area contributed by atoms with Crippen molar-refractivity contribution in [3.05, 3.63) is 41.0 Å². The smallest absolute Gasteiger partial charge is 0.253 e. The van der Waals surface area contributed by atoms with Crippen molar-refractivity contribution in [2.45, 2.75) is 38.1 Å². The van der Waals surface area contributed by atoms with Crippen LogP contribution in [0.15, 0.2) is 30.5 Å². The molecule has 7 heteroatoms. The van der Waals surface area contributed by atoms with Crippen LogP contribution in [-0.2, 0) is 0 Å². The minimum Gasteiger partial charge on any atom is -0.495 e. The third kappa shape index (κ3) is 4.83. The summed E-state index contributed by atoms with van der Waals surface area (Å²) in [7, 11) is 3.12. The van der Waals surface area contributed by atoms with E-state index in [4.69, 9.17) is 21.1 Å². The summed E-state index contributed by atoms with van der Waals surface area (Å²) in [6, 6.07) is 7.21. The Morgan fingerprint density at radius 1 is 1.11 bits per heavy atom. The van der Waals surface area contributed by atoms with Gasteiger partial charge < -0.3 is 20.1 Å². The molecule has 2 N–H and O–H groups in total. The van der Waals surface area contributed by atoms with E-state index in [1.807, 2.05) is 0 Å². The number of nitrogens with zero attached hydrogens (tertiary/aromatic N) is 1. The van der Waals surface area contributed by atoms with E-state index < -0.39 is 0 Å². The molecule has 144 valence electrons. The Bertz CT molecular complexity index is 790. The molecule has 1 fully saturated rings. The zero-order chi connectivity index (χ0) is 19.2. The van der Waals surface area contributed by atoms with E-state index >= 15 is 0 Å². The molecular weight excluding hydrogens is 366 g/mol. The molecule has 27 heavy (non-hydrogen) atoms. The van der Waals surface area contributed by atoms with Crippen LogP contribution in [0.5, 0.6) is 11.5 Å². The van der Waals surface area contributed by atoms with Gasteiger partial charge in [0.2, 0.25) is 0 Å². The number of benzene rings is 1. The summed E-state index contributed by atoms with van der Waals surface area (Å²) < 4.78 is 10.6. The highest BCUT2D eigenvalue weighted by Crippen LogP contribution is 2.37. The van der Waals surface area contributed by atoms with E-state index in [0.29, 0.717) is 33.6 Å². The summed E-state index contributed by atoms with van der Waals surface area (Å²) in [5, 5.41) is 6.72. The lowest BCUT2D eigenvalue weighted by Crippen LogP contribution is -2.36. The van der Waals surface area contributed by atoms with Gasteiger partial charge in [-0.3, -0.25) is 4.79 Å². The van der Waals surface area contributed by atoms with Gasteiger partial charge in [0.25, 0.3) is 5.91 Å². The topological polar surface area (TPSA) is 72.5 Å². The highest BCUT2D eigenvalue weighted by molar-refractivity contribution is 6.32. The van der Waals surface area contributed by atoms with Crippen molar-refractivity contribution >= 4 is 29.0 Å². The number of hydrogen-bond acceptors (Lipinski definition) is 5. The third-order valence-corrected chi connectivity index (χ3v) is 5.00. The minimum absolute atomic E-state index is 0.0771. The van der Waals surface area contributed by atoms with Crippen molar-refractivity contribution < 1.29 is 14.3 Å². The molecule has 1 aliphatic rings. The average Bonchev–Trinajstić information content (AvgIpc) is 2.70. The van der Waals surface area contributed by atoms with Gasteiger partial charge in [-0.2, -0.15) is 0 Å². The van der Waals surface area contributed by atoms with E-state index in [1.54, 1.807) is 44.7 Å². The van der Waals surface area contributed by atoms with Gasteiger partial charge in [-0.15, -0.1) is 0 Å². The molecule has 1 saturated carbocycles.